The monoisotopic (exact) mass is 220 g/mol. The summed E-state index contributed by atoms with van der Waals surface area (Å²) in [6, 6.07) is 0. The Bertz CT molecular complexity index is 342. The Morgan fingerprint density at radius 3 is 3.12 bits per heavy atom. The van der Waals surface area contributed by atoms with Crippen molar-refractivity contribution in [2.45, 2.75) is 33.2 Å². The lowest BCUT2D eigenvalue weighted by Crippen LogP contribution is -2.26. The molecule has 1 heterocycles. The molecule has 88 valence electrons. The maximum atomic E-state index is 4.09. The van der Waals surface area contributed by atoms with Gasteiger partial charge in [-0.25, -0.2) is 4.98 Å². The Hall–Kier alpha value is -1.16. The first kappa shape index (κ1) is 11.3. The molecule has 2 unspecified atom stereocenters. The van der Waals surface area contributed by atoms with Gasteiger partial charge >= 0.3 is 0 Å². The second-order valence-corrected chi connectivity index (χ2v) is 4.86. The topological polar surface area (TPSA) is 53.6 Å². The highest BCUT2D eigenvalue weighted by Crippen LogP contribution is 2.27. The van der Waals surface area contributed by atoms with E-state index in [-0.39, 0.29) is 0 Å². The van der Waals surface area contributed by atoms with Gasteiger partial charge in [-0.3, -0.25) is 5.10 Å². The molecule has 0 saturated heterocycles. The van der Waals surface area contributed by atoms with Crippen LogP contribution in [0.15, 0.2) is 18.0 Å². The van der Waals surface area contributed by atoms with Crippen LogP contribution < -0.4 is 5.32 Å². The molecule has 0 radical (unpaired) electrons. The molecule has 1 aliphatic rings. The van der Waals surface area contributed by atoms with Crippen LogP contribution in [0, 0.1) is 11.8 Å². The van der Waals surface area contributed by atoms with Crippen LogP contribution in [0.25, 0.3) is 0 Å². The van der Waals surface area contributed by atoms with Crippen LogP contribution in [0.2, 0.25) is 0 Å². The normalized spacial score (nSPS) is 25.5. The van der Waals surface area contributed by atoms with E-state index >= 15 is 0 Å². The quantitative estimate of drug-likeness (QED) is 0.762. The number of aromatic amines is 1. The SMILES string of the molecule is CC1=CC(C)CC(CNCc2ncn[nH]2)C1. The van der Waals surface area contributed by atoms with Crippen LogP contribution in [0.4, 0.5) is 0 Å². The number of allylic oxidation sites excluding steroid dienone is 2. The highest BCUT2D eigenvalue weighted by atomic mass is 15.2. The molecule has 0 aromatic carbocycles. The lowest BCUT2D eigenvalue weighted by atomic mass is 9.84. The van der Waals surface area contributed by atoms with Crippen molar-refractivity contribution in [1.82, 2.24) is 20.5 Å². The summed E-state index contributed by atoms with van der Waals surface area (Å²) in [5.74, 6) is 2.41. The van der Waals surface area contributed by atoms with Gasteiger partial charge in [0.2, 0.25) is 0 Å². The summed E-state index contributed by atoms with van der Waals surface area (Å²) in [5, 5.41) is 10.1. The summed E-state index contributed by atoms with van der Waals surface area (Å²) in [6.45, 7) is 6.38. The minimum absolute atomic E-state index is 0.728. The summed E-state index contributed by atoms with van der Waals surface area (Å²) in [7, 11) is 0. The zero-order valence-corrected chi connectivity index (χ0v) is 10.0. The fraction of sp³-hybridized carbons (Fsp3) is 0.667. The first-order valence-electron chi connectivity index (χ1n) is 5.96. The lowest BCUT2D eigenvalue weighted by Gasteiger charge is -2.25. The van der Waals surface area contributed by atoms with E-state index in [1.54, 1.807) is 6.33 Å². The Balaban J connectivity index is 1.73. The van der Waals surface area contributed by atoms with E-state index in [1.165, 1.54) is 18.4 Å². The summed E-state index contributed by atoms with van der Waals surface area (Å²) < 4.78 is 0. The molecular formula is C12H20N4. The predicted molar refractivity (Wildman–Crippen MR) is 63.7 cm³/mol. The van der Waals surface area contributed by atoms with Crippen LogP contribution in [0.5, 0.6) is 0 Å². The molecule has 0 saturated carbocycles. The van der Waals surface area contributed by atoms with Crippen molar-refractivity contribution < 1.29 is 0 Å². The van der Waals surface area contributed by atoms with Gasteiger partial charge in [-0.1, -0.05) is 18.6 Å². The van der Waals surface area contributed by atoms with Crippen molar-refractivity contribution in [1.29, 1.82) is 0 Å². The maximum absolute atomic E-state index is 4.09. The third-order valence-electron chi connectivity index (χ3n) is 3.08. The molecule has 16 heavy (non-hydrogen) atoms. The number of nitrogens with one attached hydrogen (secondary N) is 2. The molecule has 4 heteroatoms. The van der Waals surface area contributed by atoms with Gasteiger partial charge in [-0.05, 0) is 38.1 Å². The molecule has 1 aliphatic carbocycles. The number of hydrogen-bond acceptors (Lipinski definition) is 3. The molecule has 2 N–H and O–H groups in total. The number of aromatic nitrogens is 3. The van der Waals surface area contributed by atoms with E-state index in [2.05, 4.69) is 40.4 Å². The highest BCUT2D eigenvalue weighted by Gasteiger charge is 2.17. The molecule has 0 fully saturated rings. The Morgan fingerprint density at radius 2 is 2.44 bits per heavy atom. The summed E-state index contributed by atoms with van der Waals surface area (Å²) in [6.07, 6.45) is 6.47. The molecule has 1 aromatic heterocycles. The minimum Gasteiger partial charge on any atom is -0.310 e. The Kier molecular flexibility index (Phi) is 3.72. The van der Waals surface area contributed by atoms with E-state index in [0.29, 0.717) is 0 Å². The molecular weight excluding hydrogens is 200 g/mol. The molecule has 2 atom stereocenters. The molecule has 0 aliphatic heterocycles. The predicted octanol–water partition coefficient (Wildman–Crippen LogP) is 1.89. The first-order chi connectivity index (χ1) is 7.74. The van der Waals surface area contributed by atoms with E-state index in [1.807, 2.05) is 0 Å². The second-order valence-electron chi connectivity index (χ2n) is 4.86. The van der Waals surface area contributed by atoms with Crippen LogP contribution >= 0.6 is 0 Å². The van der Waals surface area contributed by atoms with Crippen molar-refractivity contribution in [2.24, 2.45) is 11.8 Å². The van der Waals surface area contributed by atoms with Crippen molar-refractivity contribution >= 4 is 0 Å². The fourth-order valence-corrected chi connectivity index (χ4v) is 2.55. The van der Waals surface area contributed by atoms with Gasteiger partial charge in [0, 0.05) is 0 Å². The van der Waals surface area contributed by atoms with Gasteiger partial charge in [-0.15, -0.1) is 0 Å². The third kappa shape index (κ3) is 3.17. The first-order valence-corrected chi connectivity index (χ1v) is 5.96. The van der Waals surface area contributed by atoms with Crippen LogP contribution in [-0.4, -0.2) is 21.7 Å². The molecule has 0 amide bonds. The summed E-state index contributed by atoms with van der Waals surface area (Å²) in [4.78, 5) is 4.09. The lowest BCUT2D eigenvalue weighted by molar-refractivity contribution is 0.379. The van der Waals surface area contributed by atoms with Crippen molar-refractivity contribution in [3.63, 3.8) is 0 Å². The average Bonchev–Trinajstić information content (AvgIpc) is 2.69. The number of H-pyrrole nitrogens is 1. The van der Waals surface area contributed by atoms with Crippen LogP contribution in [-0.2, 0) is 6.54 Å². The van der Waals surface area contributed by atoms with Crippen LogP contribution in [0.3, 0.4) is 0 Å². The molecule has 4 nitrogen and oxygen atoms in total. The average molecular weight is 220 g/mol. The second kappa shape index (κ2) is 5.25. The van der Waals surface area contributed by atoms with Crippen molar-refractivity contribution in [3.05, 3.63) is 23.8 Å². The van der Waals surface area contributed by atoms with E-state index < -0.39 is 0 Å². The van der Waals surface area contributed by atoms with Crippen LogP contribution in [0.1, 0.15) is 32.5 Å². The van der Waals surface area contributed by atoms with Crippen molar-refractivity contribution in [3.8, 4) is 0 Å². The number of rotatable bonds is 4. The van der Waals surface area contributed by atoms with Gasteiger partial charge < -0.3 is 5.32 Å². The zero-order chi connectivity index (χ0) is 11.4. The molecule has 1 aromatic rings. The van der Waals surface area contributed by atoms with E-state index in [0.717, 1.165) is 30.7 Å². The maximum Gasteiger partial charge on any atom is 0.138 e. The van der Waals surface area contributed by atoms with Gasteiger partial charge in [0.05, 0.1) is 6.54 Å². The summed E-state index contributed by atoms with van der Waals surface area (Å²) >= 11 is 0. The third-order valence-corrected chi connectivity index (χ3v) is 3.08. The summed E-state index contributed by atoms with van der Waals surface area (Å²) in [5.41, 5.74) is 1.53. The smallest absolute Gasteiger partial charge is 0.138 e. The standard InChI is InChI=1S/C12H20N4/c1-9-3-10(2)5-11(4-9)6-13-7-12-14-8-15-16-12/h3,8-9,11,13H,4-7H2,1-2H3,(H,14,15,16). The Labute approximate surface area is 96.6 Å². The van der Waals surface area contributed by atoms with Gasteiger partial charge in [-0.2, -0.15) is 5.10 Å². The van der Waals surface area contributed by atoms with E-state index in [4.69, 9.17) is 0 Å². The Morgan fingerprint density at radius 1 is 1.56 bits per heavy atom. The van der Waals surface area contributed by atoms with E-state index in [9.17, 15) is 0 Å². The van der Waals surface area contributed by atoms with Gasteiger partial charge in [0.25, 0.3) is 0 Å². The van der Waals surface area contributed by atoms with Crippen molar-refractivity contribution in [2.75, 3.05) is 6.54 Å². The van der Waals surface area contributed by atoms with Gasteiger partial charge in [0.1, 0.15) is 12.2 Å². The fourth-order valence-electron chi connectivity index (χ4n) is 2.55. The van der Waals surface area contributed by atoms with Gasteiger partial charge in [0.15, 0.2) is 0 Å². The number of hydrogen-bond donors (Lipinski definition) is 2. The molecule has 0 spiro atoms. The number of nitrogens with zero attached hydrogens (tertiary/aromatic N) is 2. The molecule has 0 bridgehead atoms. The minimum atomic E-state index is 0.728. The largest absolute Gasteiger partial charge is 0.310 e. The zero-order valence-electron chi connectivity index (χ0n) is 10.0. The highest BCUT2D eigenvalue weighted by molar-refractivity contribution is 5.06. The molecule has 2 rings (SSSR count).